The first-order valence-corrected chi connectivity index (χ1v) is 7.28. The largest absolute Gasteiger partial charge is 0.322 e. The Labute approximate surface area is 104 Å². The van der Waals surface area contributed by atoms with Crippen molar-refractivity contribution in [2.24, 2.45) is 5.73 Å². The van der Waals surface area contributed by atoms with Crippen LogP contribution in [0.25, 0.3) is 0 Å². The monoisotopic (exact) mass is 254 g/mol. The highest BCUT2D eigenvalue weighted by molar-refractivity contribution is 8.00. The van der Waals surface area contributed by atoms with Gasteiger partial charge in [-0.2, -0.15) is 0 Å². The fourth-order valence-electron chi connectivity index (χ4n) is 1.70. The van der Waals surface area contributed by atoms with Gasteiger partial charge in [-0.15, -0.1) is 23.5 Å². The summed E-state index contributed by atoms with van der Waals surface area (Å²) in [5, 5.41) is 0. The third-order valence-electron chi connectivity index (χ3n) is 2.51. The van der Waals surface area contributed by atoms with E-state index in [1.165, 1.54) is 9.79 Å². The molecule has 1 amide bonds. The number of fused-ring (bicyclic) bond motifs is 1. The first kappa shape index (κ1) is 11.8. The Morgan fingerprint density at radius 1 is 1.62 bits per heavy atom. The first-order valence-electron chi connectivity index (χ1n) is 5.07. The SMILES string of the molecule is CSc1ccc2c(c1)SCCN2C(=O)CN. The Balaban J connectivity index is 2.36. The summed E-state index contributed by atoms with van der Waals surface area (Å²) in [6.07, 6.45) is 2.05. The van der Waals surface area contributed by atoms with Crippen LogP contribution in [0.5, 0.6) is 0 Å². The number of carbonyl (C=O) groups excluding carboxylic acids is 1. The van der Waals surface area contributed by atoms with Crippen LogP contribution in [0.2, 0.25) is 0 Å². The zero-order chi connectivity index (χ0) is 11.5. The van der Waals surface area contributed by atoms with Crippen LogP contribution in [-0.2, 0) is 4.79 Å². The molecule has 86 valence electrons. The van der Waals surface area contributed by atoms with Crippen LogP contribution in [0.15, 0.2) is 28.0 Å². The van der Waals surface area contributed by atoms with E-state index in [9.17, 15) is 4.79 Å². The lowest BCUT2D eigenvalue weighted by Gasteiger charge is -2.28. The van der Waals surface area contributed by atoms with E-state index in [2.05, 4.69) is 12.3 Å². The summed E-state index contributed by atoms with van der Waals surface area (Å²) in [6.45, 7) is 0.834. The maximum Gasteiger partial charge on any atom is 0.240 e. The van der Waals surface area contributed by atoms with Gasteiger partial charge in [0, 0.05) is 22.1 Å². The molecular weight excluding hydrogens is 240 g/mol. The quantitative estimate of drug-likeness (QED) is 0.818. The van der Waals surface area contributed by atoms with E-state index in [1.807, 2.05) is 12.1 Å². The molecule has 0 atom stereocenters. The highest BCUT2D eigenvalue weighted by Crippen LogP contribution is 2.37. The predicted octanol–water partition coefficient (Wildman–Crippen LogP) is 1.81. The Kier molecular flexibility index (Phi) is 3.78. The predicted molar refractivity (Wildman–Crippen MR) is 70.4 cm³/mol. The Hall–Kier alpha value is -0.650. The van der Waals surface area contributed by atoms with E-state index in [-0.39, 0.29) is 12.5 Å². The number of rotatable bonds is 2. The van der Waals surface area contributed by atoms with E-state index in [1.54, 1.807) is 28.4 Å². The molecule has 0 radical (unpaired) electrons. The molecule has 16 heavy (non-hydrogen) atoms. The van der Waals surface area contributed by atoms with Crippen LogP contribution >= 0.6 is 23.5 Å². The molecule has 2 N–H and O–H groups in total. The molecule has 0 unspecified atom stereocenters. The number of hydrogen-bond acceptors (Lipinski definition) is 4. The minimum atomic E-state index is -0.00143. The summed E-state index contributed by atoms with van der Waals surface area (Å²) in [5.74, 6) is 0.940. The minimum absolute atomic E-state index is 0.00143. The van der Waals surface area contributed by atoms with Crippen molar-refractivity contribution in [1.29, 1.82) is 0 Å². The molecule has 0 aliphatic carbocycles. The van der Waals surface area contributed by atoms with Gasteiger partial charge in [0.1, 0.15) is 0 Å². The van der Waals surface area contributed by atoms with Crippen molar-refractivity contribution in [3.8, 4) is 0 Å². The number of thioether (sulfide) groups is 2. The first-order chi connectivity index (χ1) is 7.76. The van der Waals surface area contributed by atoms with Gasteiger partial charge in [-0.1, -0.05) is 0 Å². The van der Waals surface area contributed by atoms with Crippen LogP contribution < -0.4 is 10.6 Å². The maximum atomic E-state index is 11.7. The number of nitrogens with two attached hydrogens (primary N) is 1. The second-order valence-electron chi connectivity index (χ2n) is 3.43. The summed E-state index contributed by atoms with van der Waals surface area (Å²) >= 11 is 3.52. The van der Waals surface area contributed by atoms with Gasteiger partial charge >= 0.3 is 0 Å². The lowest BCUT2D eigenvalue weighted by Crippen LogP contribution is -2.39. The Bertz CT molecular complexity index is 409. The molecule has 0 saturated heterocycles. The lowest BCUT2D eigenvalue weighted by atomic mass is 10.2. The van der Waals surface area contributed by atoms with E-state index in [0.29, 0.717) is 0 Å². The van der Waals surface area contributed by atoms with Gasteiger partial charge in [0.05, 0.1) is 12.2 Å². The van der Waals surface area contributed by atoms with Gasteiger partial charge in [0.25, 0.3) is 0 Å². The molecular formula is C11H14N2OS2. The Morgan fingerprint density at radius 3 is 3.12 bits per heavy atom. The van der Waals surface area contributed by atoms with Crippen molar-refractivity contribution in [3.63, 3.8) is 0 Å². The highest BCUT2D eigenvalue weighted by Gasteiger charge is 2.21. The molecule has 1 heterocycles. The number of hydrogen-bond donors (Lipinski definition) is 1. The number of benzene rings is 1. The fourth-order valence-corrected chi connectivity index (χ4v) is 3.24. The molecule has 1 aromatic rings. The fraction of sp³-hybridized carbons (Fsp3) is 0.364. The van der Waals surface area contributed by atoms with Crippen molar-refractivity contribution >= 4 is 35.1 Å². The Morgan fingerprint density at radius 2 is 2.44 bits per heavy atom. The van der Waals surface area contributed by atoms with Crippen LogP contribution in [0.4, 0.5) is 5.69 Å². The van der Waals surface area contributed by atoms with Gasteiger partial charge in [-0.25, -0.2) is 0 Å². The minimum Gasteiger partial charge on any atom is -0.322 e. The molecule has 2 rings (SSSR count). The van der Waals surface area contributed by atoms with Crippen molar-refractivity contribution in [3.05, 3.63) is 18.2 Å². The number of anilines is 1. The molecule has 5 heteroatoms. The van der Waals surface area contributed by atoms with Crippen molar-refractivity contribution < 1.29 is 4.79 Å². The topological polar surface area (TPSA) is 46.3 Å². The van der Waals surface area contributed by atoms with E-state index < -0.39 is 0 Å². The lowest BCUT2D eigenvalue weighted by molar-refractivity contribution is -0.117. The van der Waals surface area contributed by atoms with Gasteiger partial charge in [-0.05, 0) is 24.5 Å². The number of carbonyl (C=O) groups is 1. The molecule has 0 aromatic heterocycles. The number of amides is 1. The number of nitrogens with zero attached hydrogens (tertiary/aromatic N) is 1. The molecule has 3 nitrogen and oxygen atoms in total. The van der Waals surface area contributed by atoms with Crippen LogP contribution in [0.3, 0.4) is 0 Å². The van der Waals surface area contributed by atoms with Gasteiger partial charge in [0.15, 0.2) is 0 Å². The van der Waals surface area contributed by atoms with E-state index in [0.717, 1.165) is 18.0 Å². The highest BCUT2D eigenvalue weighted by atomic mass is 32.2. The third kappa shape index (κ3) is 2.21. The summed E-state index contributed by atoms with van der Waals surface area (Å²) in [4.78, 5) is 15.9. The van der Waals surface area contributed by atoms with Gasteiger partial charge < -0.3 is 10.6 Å². The van der Waals surface area contributed by atoms with Crippen LogP contribution in [-0.4, -0.2) is 31.0 Å². The van der Waals surface area contributed by atoms with Crippen LogP contribution in [0, 0.1) is 0 Å². The zero-order valence-corrected chi connectivity index (χ0v) is 10.7. The van der Waals surface area contributed by atoms with Gasteiger partial charge in [0.2, 0.25) is 5.91 Å². The van der Waals surface area contributed by atoms with E-state index in [4.69, 9.17) is 5.73 Å². The summed E-state index contributed by atoms with van der Waals surface area (Å²) in [5.41, 5.74) is 6.42. The zero-order valence-electron chi connectivity index (χ0n) is 9.10. The standard InChI is InChI=1S/C11H14N2OS2/c1-15-8-2-3-9-10(6-8)16-5-4-13(9)11(14)7-12/h2-3,6H,4-5,7,12H2,1H3. The average molecular weight is 254 g/mol. The average Bonchev–Trinajstić information content (AvgIpc) is 2.36. The van der Waals surface area contributed by atoms with Crippen LogP contribution in [0.1, 0.15) is 0 Å². The molecule has 1 aromatic carbocycles. The third-order valence-corrected chi connectivity index (χ3v) is 4.26. The molecule has 1 aliphatic heterocycles. The molecule has 0 saturated carbocycles. The molecule has 0 bridgehead atoms. The summed E-state index contributed by atoms with van der Waals surface area (Å²) in [7, 11) is 0. The van der Waals surface area contributed by atoms with Crippen molar-refractivity contribution in [2.45, 2.75) is 9.79 Å². The van der Waals surface area contributed by atoms with Crippen molar-refractivity contribution in [2.75, 3.05) is 30.0 Å². The molecule has 1 aliphatic rings. The molecule has 0 fully saturated rings. The smallest absolute Gasteiger partial charge is 0.240 e. The normalized spacial score (nSPS) is 14.8. The molecule has 0 spiro atoms. The second kappa shape index (κ2) is 5.12. The van der Waals surface area contributed by atoms with E-state index >= 15 is 0 Å². The second-order valence-corrected chi connectivity index (χ2v) is 5.45. The van der Waals surface area contributed by atoms with Crippen molar-refractivity contribution in [1.82, 2.24) is 0 Å². The summed E-state index contributed by atoms with van der Waals surface area (Å²) in [6, 6.07) is 6.20. The van der Waals surface area contributed by atoms with Gasteiger partial charge in [-0.3, -0.25) is 4.79 Å². The maximum absolute atomic E-state index is 11.7. The summed E-state index contributed by atoms with van der Waals surface area (Å²) < 4.78 is 0.